The van der Waals surface area contributed by atoms with E-state index in [0.29, 0.717) is 19.8 Å². The van der Waals surface area contributed by atoms with Gasteiger partial charge in [0.15, 0.2) is 0 Å². The topological polar surface area (TPSA) is 59.3 Å². The maximum absolute atomic E-state index is 9.79. The lowest BCUT2D eigenvalue weighted by atomic mass is 10.3. The van der Waals surface area contributed by atoms with Crippen LogP contribution in [0.3, 0.4) is 0 Å². The standard InChI is InChI=1S/C14H21N3O2S/c1-17-12(5-7-16-17)4-6-15-9-13(18)10-19-11-14-3-2-8-20-14/h2-3,5,7-8,13,15,18H,4,6,9-11H2,1H3. The summed E-state index contributed by atoms with van der Waals surface area (Å²) in [5.41, 5.74) is 1.18. The summed E-state index contributed by atoms with van der Waals surface area (Å²) in [7, 11) is 1.93. The Bertz CT molecular complexity index is 484. The fourth-order valence-electron chi connectivity index (χ4n) is 1.88. The Morgan fingerprint density at radius 1 is 1.50 bits per heavy atom. The number of aryl methyl sites for hydroxylation is 1. The zero-order valence-corrected chi connectivity index (χ0v) is 12.5. The molecular formula is C14H21N3O2S. The minimum Gasteiger partial charge on any atom is -0.389 e. The Hall–Kier alpha value is -1.21. The number of aromatic nitrogens is 2. The highest BCUT2D eigenvalue weighted by molar-refractivity contribution is 7.09. The smallest absolute Gasteiger partial charge is 0.0897 e. The minimum absolute atomic E-state index is 0.358. The fraction of sp³-hybridized carbons (Fsp3) is 0.500. The SMILES string of the molecule is Cn1nccc1CCNCC(O)COCc1cccs1. The molecule has 2 aromatic heterocycles. The van der Waals surface area contributed by atoms with Gasteiger partial charge in [0.25, 0.3) is 0 Å². The quantitative estimate of drug-likeness (QED) is 0.682. The van der Waals surface area contributed by atoms with Crippen LogP contribution in [0.2, 0.25) is 0 Å². The molecule has 0 radical (unpaired) electrons. The van der Waals surface area contributed by atoms with E-state index in [1.54, 1.807) is 17.5 Å². The van der Waals surface area contributed by atoms with E-state index < -0.39 is 6.10 Å². The summed E-state index contributed by atoms with van der Waals surface area (Å²) in [5, 5.41) is 19.2. The van der Waals surface area contributed by atoms with Gasteiger partial charge < -0.3 is 15.2 Å². The summed E-state index contributed by atoms with van der Waals surface area (Å²) in [6.07, 6.45) is 2.23. The van der Waals surface area contributed by atoms with Crippen molar-refractivity contribution in [3.63, 3.8) is 0 Å². The minimum atomic E-state index is -0.471. The number of nitrogens with one attached hydrogen (secondary N) is 1. The molecule has 0 bridgehead atoms. The highest BCUT2D eigenvalue weighted by atomic mass is 32.1. The van der Waals surface area contributed by atoms with Crippen molar-refractivity contribution in [3.8, 4) is 0 Å². The van der Waals surface area contributed by atoms with E-state index in [0.717, 1.165) is 13.0 Å². The average Bonchev–Trinajstić information content (AvgIpc) is 3.07. The monoisotopic (exact) mass is 295 g/mol. The Labute approximate surface area is 123 Å². The largest absolute Gasteiger partial charge is 0.389 e. The van der Waals surface area contributed by atoms with Crippen LogP contribution in [0, 0.1) is 0 Å². The van der Waals surface area contributed by atoms with Crippen molar-refractivity contribution in [1.82, 2.24) is 15.1 Å². The van der Waals surface area contributed by atoms with Crippen molar-refractivity contribution < 1.29 is 9.84 Å². The Morgan fingerprint density at radius 3 is 3.10 bits per heavy atom. The van der Waals surface area contributed by atoms with E-state index in [2.05, 4.69) is 10.4 Å². The van der Waals surface area contributed by atoms with Gasteiger partial charge >= 0.3 is 0 Å². The molecule has 1 atom stereocenters. The van der Waals surface area contributed by atoms with Gasteiger partial charge in [-0.25, -0.2) is 0 Å². The highest BCUT2D eigenvalue weighted by Crippen LogP contribution is 2.09. The van der Waals surface area contributed by atoms with Gasteiger partial charge in [0.05, 0.1) is 19.3 Å². The van der Waals surface area contributed by atoms with Crippen LogP contribution < -0.4 is 5.32 Å². The number of hydrogen-bond donors (Lipinski definition) is 2. The van der Waals surface area contributed by atoms with Crippen LogP contribution in [-0.2, 0) is 24.8 Å². The van der Waals surface area contributed by atoms with Gasteiger partial charge in [-0.3, -0.25) is 4.68 Å². The summed E-state index contributed by atoms with van der Waals surface area (Å²) < 4.78 is 7.33. The molecule has 0 aliphatic carbocycles. The van der Waals surface area contributed by atoms with Crippen LogP contribution in [0.25, 0.3) is 0 Å². The molecule has 0 aliphatic rings. The van der Waals surface area contributed by atoms with Crippen molar-refractivity contribution >= 4 is 11.3 Å². The first-order valence-corrected chi connectivity index (χ1v) is 7.59. The first kappa shape index (κ1) is 15.2. The molecule has 0 saturated heterocycles. The van der Waals surface area contributed by atoms with Gasteiger partial charge in [-0.2, -0.15) is 5.10 Å². The summed E-state index contributed by atoms with van der Waals surface area (Å²) in [4.78, 5) is 1.18. The third-order valence-electron chi connectivity index (χ3n) is 2.99. The van der Waals surface area contributed by atoms with Gasteiger partial charge in [-0.15, -0.1) is 11.3 Å². The van der Waals surface area contributed by atoms with Gasteiger partial charge in [0.2, 0.25) is 0 Å². The van der Waals surface area contributed by atoms with Gasteiger partial charge in [0.1, 0.15) is 0 Å². The molecule has 2 heterocycles. The predicted molar refractivity (Wildman–Crippen MR) is 79.8 cm³/mol. The second-order valence-corrected chi connectivity index (χ2v) is 5.68. The molecule has 20 heavy (non-hydrogen) atoms. The van der Waals surface area contributed by atoms with Gasteiger partial charge in [-0.1, -0.05) is 6.07 Å². The number of aliphatic hydroxyl groups excluding tert-OH is 1. The molecule has 0 spiro atoms. The average molecular weight is 295 g/mol. The summed E-state index contributed by atoms with van der Waals surface area (Å²) in [5.74, 6) is 0. The van der Waals surface area contributed by atoms with Crippen LogP contribution in [0.4, 0.5) is 0 Å². The lowest BCUT2D eigenvalue weighted by Crippen LogP contribution is -2.31. The number of nitrogens with zero attached hydrogens (tertiary/aromatic N) is 2. The number of rotatable bonds is 9. The molecule has 5 nitrogen and oxygen atoms in total. The second-order valence-electron chi connectivity index (χ2n) is 4.65. The number of hydrogen-bond acceptors (Lipinski definition) is 5. The zero-order chi connectivity index (χ0) is 14.2. The molecule has 0 fully saturated rings. The van der Waals surface area contributed by atoms with Gasteiger partial charge in [0, 0.05) is 43.3 Å². The van der Waals surface area contributed by atoms with Crippen LogP contribution in [0.5, 0.6) is 0 Å². The second kappa shape index (κ2) is 8.16. The van der Waals surface area contributed by atoms with E-state index in [1.807, 2.05) is 35.3 Å². The Morgan fingerprint density at radius 2 is 2.40 bits per heavy atom. The molecule has 6 heteroatoms. The third kappa shape index (κ3) is 5.05. The third-order valence-corrected chi connectivity index (χ3v) is 3.84. The Balaban J connectivity index is 1.52. The molecule has 0 amide bonds. The normalized spacial score (nSPS) is 12.7. The molecule has 2 N–H and O–H groups in total. The van der Waals surface area contributed by atoms with Crippen molar-refractivity contribution in [3.05, 3.63) is 40.3 Å². The van der Waals surface area contributed by atoms with Crippen LogP contribution in [0.15, 0.2) is 29.8 Å². The van der Waals surface area contributed by atoms with Crippen LogP contribution >= 0.6 is 11.3 Å². The number of ether oxygens (including phenoxy) is 1. The molecule has 1 unspecified atom stereocenters. The van der Waals surface area contributed by atoms with Crippen molar-refractivity contribution in [2.45, 2.75) is 19.1 Å². The molecule has 0 saturated carbocycles. The van der Waals surface area contributed by atoms with Crippen LogP contribution in [-0.4, -0.2) is 40.7 Å². The molecule has 0 aromatic carbocycles. The number of aliphatic hydroxyl groups is 1. The highest BCUT2D eigenvalue weighted by Gasteiger charge is 2.05. The zero-order valence-electron chi connectivity index (χ0n) is 11.7. The molecule has 2 aromatic rings. The van der Waals surface area contributed by atoms with Gasteiger partial charge in [-0.05, 0) is 17.5 Å². The Kier molecular flexibility index (Phi) is 6.20. The predicted octanol–water partition coefficient (Wildman–Crippen LogP) is 1.19. The lowest BCUT2D eigenvalue weighted by Gasteiger charge is -2.12. The molecular weight excluding hydrogens is 274 g/mol. The van der Waals surface area contributed by atoms with Crippen molar-refractivity contribution in [1.29, 1.82) is 0 Å². The van der Waals surface area contributed by atoms with E-state index in [-0.39, 0.29) is 0 Å². The van der Waals surface area contributed by atoms with Crippen molar-refractivity contribution in [2.75, 3.05) is 19.7 Å². The fourth-order valence-corrected chi connectivity index (χ4v) is 2.52. The first-order chi connectivity index (χ1) is 9.75. The van der Waals surface area contributed by atoms with Crippen molar-refractivity contribution in [2.24, 2.45) is 7.05 Å². The lowest BCUT2D eigenvalue weighted by molar-refractivity contribution is 0.0300. The number of thiophene rings is 1. The maximum Gasteiger partial charge on any atom is 0.0897 e. The van der Waals surface area contributed by atoms with E-state index >= 15 is 0 Å². The van der Waals surface area contributed by atoms with Crippen LogP contribution in [0.1, 0.15) is 10.6 Å². The van der Waals surface area contributed by atoms with E-state index in [4.69, 9.17) is 4.74 Å². The van der Waals surface area contributed by atoms with E-state index in [9.17, 15) is 5.11 Å². The van der Waals surface area contributed by atoms with E-state index in [1.165, 1.54) is 10.6 Å². The maximum atomic E-state index is 9.79. The molecule has 110 valence electrons. The first-order valence-electron chi connectivity index (χ1n) is 6.71. The molecule has 0 aliphatic heterocycles. The molecule has 2 rings (SSSR count). The summed E-state index contributed by atoms with van der Waals surface area (Å²) >= 11 is 1.67. The summed E-state index contributed by atoms with van der Waals surface area (Å²) in [6, 6.07) is 6.03. The summed E-state index contributed by atoms with van der Waals surface area (Å²) in [6.45, 7) is 2.30.